The highest BCUT2D eigenvalue weighted by molar-refractivity contribution is 7.80. The number of fused-ring (bicyclic) bond motifs is 1. The van der Waals surface area contributed by atoms with Crippen LogP contribution >= 0.6 is 12.2 Å². The molecule has 4 rings (SSSR count). The Balaban J connectivity index is 1.37. The van der Waals surface area contributed by atoms with Gasteiger partial charge in [-0.3, -0.25) is 0 Å². The van der Waals surface area contributed by atoms with Crippen LogP contribution in [-0.2, 0) is 11.2 Å². The van der Waals surface area contributed by atoms with E-state index in [9.17, 15) is 0 Å². The van der Waals surface area contributed by atoms with Crippen LogP contribution in [0, 0.1) is 0 Å². The fraction of sp³-hybridized carbons (Fsp3) is 0.400. The summed E-state index contributed by atoms with van der Waals surface area (Å²) in [5.41, 5.74) is 3.55. The second-order valence-electron chi connectivity index (χ2n) is 6.76. The normalized spacial score (nSPS) is 19.1. The zero-order valence-electron chi connectivity index (χ0n) is 14.8. The topological polar surface area (TPSA) is 49.4 Å². The number of aryl methyl sites for hydroxylation is 1. The first-order valence-electron chi connectivity index (χ1n) is 9.27. The SMILES string of the molecule is S=C(NCC1CCCO1)Nc1ccc(N2CCCc3ccccc32)nc1. The summed E-state index contributed by atoms with van der Waals surface area (Å²) in [4.78, 5) is 6.93. The molecule has 1 saturated heterocycles. The van der Waals surface area contributed by atoms with Crippen molar-refractivity contribution in [2.45, 2.75) is 31.8 Å². The lowest BCUT2D eigenvalue weighted by molar-refractivity contribution is 0.114. The fourth-order valence-corrected chi connectivity index (χ4v) is 3.78. The standard InChI is InChI=1S/C20H24N4OS/c26-20(22-14-17-7-4-12-25-17)23-16-9-10-19(21-13-16)24-11-3-6-15-5-1-2-8-18(15)24/h1-2,5,8-10,13,17H,3-4,6-7,11-12,14H2,(H2,22,23,26). The van der Waals surface area contributed by atoms with Crippen LogP contribution in [-0.4, -0.2) is 35.9 Å². The molecule has 2 aliphatic heterocycles. The van der Waals surface area contributed by atoms with Crippen LogP contribution < -0.4 is 15.5 Å². The molecular formula is C20H24N4OS. The molecule has 6 heteroatoms. The number of nitrogens with one attached hydrogen (secondary N) is 2. The van der Waals surface area contributed by atoms with Crippen LogP contribution in [0.3, 0.4) is 0 Å². The zero-order chi connectivity index (χ0) is 17.8. The van der Waals surface area contributed by atoms with Gasteiger partial charge in [-0.25, -0.2) is 4.98 Å². The molecule has 2 aliphatic rings. The first-order valence-corrected chi connectivity index (χ1v) is 9.68. The van der Waals surface area contributed by atoms with E-state index in [2.05, 4.69) is 44.8 Å². The minimum atomic E-state index is 0.273. The molecule has 136 valence electrons. The lowest BCUT2D eigenvalue weighted by Gasteiger charge is -2.30. The quantitative estimate of drug-likeness (QED) is 0.804. The van der Waals surface area contributed by atoms with Crippen molar-refractivity contribution in [3.63, 3.8) is 0 Å². The lowest BCUT2D eigenvalue weighted by Crippen LogP contribution is -2.34. The molecule has 1 fully saturated rings. The number of aromatic nitrogens is 1. The van der Waals surface area contributed by atoms with Gasteiger partial charge in [0.15, 0.2) is 5.11 Å². The molecule has 3 heterocycles. The summed E-state index contributed by atoms with van der Waals surface area (Å²) in [6.45, 7) is 2.61. The van der Waals surface area contributed by atoms with Crippen molar-refractivity contribution in [3.05, 3.63) is 48.2 Å². The highest BCUT2D eigenvalue weighted by atomic mass is 32.1. The fourth-order valence-electron chi connectivity index (χ4n) is 3.58. The first-order chi connectivity index (χ1) is 12.8. The highest BCUT2D eigenvalue weighted by Gasteiger charge is 2.18. The van der Waals surface area contributed by atoms with Crippen molar-refractivity contribution in [1.82, 2.24) is 10.3 Å². The van der Waals surface area contributed by atoms with E-state index in [1.807, 2.05) is 18.3 Å². The molecule has 5 nitrogen and oxygen atoms in total. The number of para-hydroxylation sites is 1. The van der Waals surface area contributed by atoms with Gasteiger partial charge < -0.3 is 20.3 Å². The molecule has 1 aromatic heterocycles. The van der Waals surface area contributed by atoms with Gasteiger partial charge in [-0.05, 0) is 61.7 Å². The van der Waals surface area contributed by atoms with Gasteiger partial charge in [0.25, 0.3) is 0 Å². The van der Waals surface area contributed by atoms with Crippen molar-refractivity contribution in [1.29, 1.82) is 0 Å². The van der Waals surface area contributed by atoms with Crippen LogP contribution in [0.5, 0.6) is 0 Å². The Bertz CT molecular complexity index is 759. The maximum Gasteiger partial charge on any atom is 0.170 e. The maximum atomic E-state index is 5.60. The summed E-state index contributed by atoms with van der Waals surface area (Å²) in [6.07, 6.45) is 6.63. The van der Waals surface area contributed by atoms with Gasteiger partial charge in [0.2, 0.25) is 0 Å². The number of ether oxygens (including phenoxy) is 1. The Morgan fingerprint density at radius 3 is 2.96 bits per heavy atom. The summed E-state index contributed by atoms with van der Waals surface area (Å²) in [7, 11) is 0. The van der Waals surface area contributed by atoms with Crippen molar-refractivity contribution in [2.24, 2.45) is 0 Å². The van der Waals surface area contributed by atoms with Crippen LogP contribution in [0.2, 0.25) is 0 Å². The van der Waals surface area contributed by atoms with Crippen molar-refractivity contribution >= 4 is 34.5 Å². The minimum Gasteiger partial charge on any atom is -0.376 e. The van der Waals surface area contributed by atoms with E-state index in [1.165, 1.54) is 11.3 Å². The van der Waals surface area contributed by atoms with Gasteiger partial charge in [0, 0.05) is 25.4 Å². The molecule has 1 aromatic carbocycles. The molecule has 26 heavy (non-hydrogen) atoms. The summed E-state index contributed by atoms with van der Waals surface area (Å²) in [5.74, 6) is 0.973. The van der Waals surface area contributed by atoms with Crippen LogP contribution in [0.1, 0.15) is 24.8 Å². The Labute approximate surface area is 159 Å². The predicted molar refractivity (Wildman–Crippen MR) is 109 cm³/mol. The molecule has 0 bridgehead atoms. The van der Waals surface area contributed by atoms with E-state index in [4.69, 9.17) is 17.0 Å². The number of anilines is 3. The molecule has 1 atom stereocenters. The van der Waals surface area contributed by atoms with Gasteiger partial charge in [-0.15, -0.1) is 0 Å². The molecule has 0 saturated carbocycles. The number of rotatable bonds is 4. The van der Waals surface area contributed by atoms with Crippen molar-refractivity contribution < 1.29 is 4.74 Å². The molecule has 0 amide bonds. The Morgan fingerprint density at radius 1 is 1.23 bits per heavy atom. The second-order valence-corrected chi connectivity index (χ2v) is 7.17. The number of thiocarbonyl (C=S) groups is 1. The third-order valence-electron chi connectivity index (χ3n) is 4.91. The number of benzene rings is 1. The van der Waals surface area contributed by atoms with E-state index >= 15 is 0 Å². The third kappa shape index (κ3) is 3.97. The molecule has 2 N–H and O–H groups in total. The number of hydrogen-bond donors (Lipinski definition) is 2. The third-order valence-corrected chi connectivity index (χ3v) is 5.15. The minimum absolute atomic E-state index is 0.273. The molecular weight excluding hydrogens is 344 g/mol. The van der Waals surface area contributed by atoms with E-state index in [-0.39, 0.29) is 6.10 Å². The summed E-state index contributed by atoms with van der Waals surface area (Å²) in [5, 5.41) is 7.03. The predicted octanol–water partition coefficient (Wildman–Crippen LogP) is 3.63. The average molecular weight is 369 g/mol. The molecule has 0 aliphatic carbocycles. The van der Waals surface area contributed by atoms with Gasteiger partial charge in [0.05, 0.1) is 18.0 Å². The number of nitrogens with zero attached hydrogens (tertiary/aromatic N) is 2. The Kier molecular flexibility index (Phi) is 5.32. The van der Waals surface area contributed by atoms with Gasteiger partial charge >= 0.3 is 0 Å². The van der Waals surface area contributed by atoms with Crippen molar-refractivity contribution in [3.8, 4) is 0 Å². The smallest absolute Gasteiger partial charge is 0.170 e. The van der Waals surface area contributed by atoms with E-state index < -0.39 is 0 Å². The van der Waals surface area contributed by atoms with Crippen molar-refractivity contribution in [2.75, 3.05) is 29.9 Å². The monoisotopic (exact) mass is 368 g/mol. The summed E-state index contributed by atoms with van der Waals surface area (Å²) < 4.78 is 5.60. The van der Waals surface area contributed by atoms with E-state index in [0.29, 0.717) is 5.11 Å². The summed E-state index contributed by atoms with van der Waals surface area (Å²) >= 11 is 5.36. The van der Waals surface area contributed by atoms with Gasteiger partial charge in [-0.2, -0.15) is 0 Å². The zero-order valence-corrected chi connectivity index (χ0v) is 15.6. The van der Waals surface area contributed by atoms with Crippen LogP contribution in [0.15, 0.2) is 42.6 Å². The van der Waals surface area contributed by atoms with Crippen LogP contribution in [0.25, 0.3) is 0 Å². The Hall–Kier alpha value is -2.18. The van der Waals surface area contributed by atoms with Gasteiger partial charge in [0.1, 0.15) is 5.82 Å². The second kappa shape index (κ2) is 8.01. The largest absolute Gasteiger partial charge is 0.376 e. The number of pyridine rings is 1. The Morgan fingerprint density at radius 2 is 2.15 bits per heavy atom. The average Bonchev–Trinajstić information content (AvgIpc) is 3.20. The summed E-state index contributed by atoms with van der Waals surface area (Å²) in [6, 6.07) is 12.6. The first kappa shape index (κ1) is 17.2. The number of hydrogen-bond acceptors (Lipinski definition) is 4. The molecule has 2 aromatic rings. The lowest BCUT2D eigenvalue weighted by atomic mass is 10.0. The molecule has 1 unspecified atom stereocenters. The highest BCUT2D eigenvalue weighted by Crippen LogP contribution is 2.32. The van der Waals surface area contributed by atoms with E-state index in [0.717, 1.165) is 56.9 Å². The van der Waals surface area contributed by atoms with Gasteiger partial charge in [-0.1, -0.05) is 18.2 Å². The molecule has 0 radical (unpaired) electrons. The maximum absolute atomic E-state index is 5.60. The molecule has 0 spiro atoms. The van der Waals surface area contributed by atoms with Crippen LogP contribution in [0.4, 0.5) is 17.2 Å². The van der Waals surface area contributed by atoms with E-state index in [1.54, 1.807) is 0 Å².